The van der Waals surface area contributed by atoms with Crippen molar-refractivity contribution < 1.29 is 0 Å². The molecule has 1 aliphatic heterocycles. The van der Waals surface area contributed by atoms with E-state index in [0.717, 1.165) is 12.8 Å². The summed E-state index contributed by atoms with van der Waals surface area (Å²) in [4.78, 5) is 2.64. The van der Waals surface area contributed by atoms with Gasteiger partial charge in [-0.15, -0.1) is 0 Å². The van der Waals surface area contributed by atoms with Crippen LogP contribution in [0.1, 0.15) is 68.4 Å². The van der Waals surface area contributed by atoms with Crippen LogP contribution in [0.3, 0.4) is 0 Å². The zero-order valence-electron chi connectivity index (χ0n) is 28.9. The van der Waals surface area contributed by atoms with Gasteiger partial charge < -0.3 is 4.90 Å². The van der Waals surface area contributed by atoms with Crippen LogP contribution in [0.4, 0.5) is 11.4 Å². The first-order valence-corrected chi connectivity index (χ1v) is 17.9. The molecule has 0 spiro atoms. The van der Waals surface area contributed by atoms with E-state index in [1.807, 2.05) is 0 Å². The van der Waals surface area contributed by atoms with Gasteiger partial charge in [-0.05, 0) is 104 Å². The van der Waals surface area contributed by atoms with Gasteiger partial charge in [-0.2, -0.15) is 0 Å². The van der Waals surface area contributed by atoms with Crippen molar-refractivity contribution >= 4 is 22.5 Å². The Labute approximate surface area is 291 Å². The molecule has 0 bridgehead atoms. The number of fused-ring (bicyclic) bond motifs is 5. The number of rotatable bonds is 4. The molecule has 0 fully saturated rings. The second kappa shape index (κ2) is 11.2. The summed E-state index contributed by atoms with van der Waals surface area (Å²) >= 11 is 0. The molecule has 49 heavy (non-hydrogen) atoms. The van der Waals surface area contributed by atoms with E-state index in [4.69, 9.17) is 0 Å². The SMILES string of the molecule is CC1(C)c2ccccc2-c2cc3c(cc21)N(c1cccc(-c2cccc(C4=CC(c5ccccc5)=CCC4)c2)c1)C1C=CC=CC1C3(C)C. The molecule has 3 aliphatic carbocycles. The maximum Gasteiger partial charge on any atom is 0.0596 e. The molecule has 1 nitrogen and oxygen atoms in total. The van der Waals surface area contributed by atoms with Crippen molar-refractivity contribution in [2.24, 2.45) is 5.92 Å². The summed E-state index contributed by atoms with van der Waals surface area (Å²) in [6.07, 6.45) is 16.2. The Morgan fingerprint density at radius 3 is 2.16 bits per heavy atom. The van der Waals surface area contributed by atoms with E-state index in [0.29, 0.717) is 5.92 Å². The second-order valence-electron chi connectivity index (χ2n) is 15.3. The van der Waals surface area contributed by atoms with Gasteiger partial charge in [0.1, 0.15) is 0 Å². The monoisotopic (exact) mass is 633 g/mol. The smallest absolute Gasteiger partial charge is 0.0596 e. The molecule has 0 amide bonds. The minimum atomic E-state index is -0.0540. The van der Waals surface area contributed by atoms with Crippen LogP contribution in [0.15, 0.2) is 152 Å². The molecule has 0 radical (unpaired) electrons. The lowest BCUT2D eigenvalue weighted by Gasteiger charge is -2.51. The molecule has 0 saturated heterocycles. The van der Waals surface area contributed by atoms with Crippen molar-refractivity contribution in [2.75, 3.05) is 4.90 Å². The summed E-state index contributed by atoms with van der Waals surface area (Å²) in [5.41, 5.74) is 17.4. The molecule has 1 heterocycles. The minimum absolute atomic E-state index is 0.0266. The summed E-state index contributed by atoms with van der Waals surface area (Å²) in [6.45, 7) is 9.68. The fourth-order valence-electron chi connectivity index (χ4n) is 9.11. The van der Waals surface area contributed by atoms with Crippen molar-refractivity contribution in [2.45, 2.75) is 57.4 Å². The lowest BCUT2D eigenvalue weighted by atomic mass is 9.64. The fraction of sp³-hybridized carbons (Fsp3) is 0.208. The van der Waals surface area contributed by atoms with Crippen LogP contribution in [-0.4, -0.2) is 6.04 Å². The van der Waals surface area contributed by atoms with Gasteiger partial charge in [0, 0.05) is 28.1 Å². The molecule has 0 saturated carbocycles. The van der Waals surface area contributed by atoms with Crippen LogP contribution < -0.4 is 4.90 Å². The number of benzene rings is 5. The van der Waals surface area contributed by atoms with Gasteiger partial charge >= 0.3 is 0 Å². The van der Waals surface area contributed by atoms with E-state index in [-0.39, 0.29) is 16.9 Å². The maximum atomic E-state index is 2.64. The Morgan fingerprint density at radius 1 is 0.592 bits per heavy atom. The first kappa shape index (κ1) is 30.0. The zero-order valence-corrected chi connectivity index (χ0v) is 28.9. The third kappa shape index (κ3) is 4.74. The van der Waals surface area contributed by atoms with Crippen LogP contribution in [0.25, 0.3) is 33.4 Å². The predicted octanol–water partition coefficient (Wildman–Crippen LogP) is 12.5. The largest absolute Gasteiger partial charge is 0.334 e. The van der Waals surface area contributed by atoms with Gasteiger partial charge in [-0.3, -0.25) is 0 Å². The third-order valence-electron chi connectivity index (χ3n) is 11.8. The lowest BCUT2D eigenvalue weighted by molar-refractivity contribution is 0.332. The van der Waals surface area contributed by atoms with Gasteiger partial charge in [-0.25, -0.2) is 0 Å². The Kier molecular flexibility index (Phi) is 6.85. The normalized spacial score (nSPS) is 20.9. The fourth-order valence-corrected chi connectivity index (χ4v) is 9.11. The molecule has 2 unspecified atom stereocenters. The Hall–Kier alpha value is -5.14. The van der Waals surface area contributed by atoms with Crippen molar-refractivity contribution in [3.05, 3.63) is 180 Å². The summed E-state index contributed by atoms with van der Waals surface area (Å²) in [7, 11) is 0. The molecular weight excluding hydrogens is 591 g/mol. The molecule has 9 rings (SSSR count). The highest BCUT2D eigenvalue weighted by atomic mass is 15.2. The Balaban J connectivity index is 1.15. The maximum absolute atomic E-state index is 2.64. The molecule has 240 valence electrons. The second-order valence-corrected chi connectivity index (χ2v) is 15.3. The van der Waals surface area contributed by atoms with Crippen molar-refractivity contribution in [1.82, 2.24) is 0 Å². The number of hydrogen-bond donors (Lipinski definition) is 0. The van der Waals surface area contributed by atoms with Crippen molar-refractivity contribution in [3.63, 3.8) is 0 Å². The molecule has 5 aromatic rings. The summed E-state index contributed by atoms with van der Waals surface area (Å²) < 4.78 is 0. The van der Waals surface area contributed by atoms with Crippen LogP contribution in [-0.2, 0) is 10.8 Å². The summed E-state index contributed by atoms with van der Waals surface area (Å²) in [5, 5.41) is 0. The highest BCUT2D eigenvalue weighted by Gasteiger charge is 2.47. The first-order chi connectivity index (χ1) is 23.8. The van der Waals surface area contributed by atoms with Crippen LogP contribution in [0, 0.1) is 5.92 Å². The van der Waals surface area contributed by atoms with Crippen LogP contribution in [0.5, 0.6) is 0 Å². The average Bonchev–Trinajstić information content (AvgIpc) is 3.37. The van der Waals surface area contributed by atoms with Crippen molar-refractivity contribution in [1.29, 1.82) is 0 Å². The molecule has 0 aromatic heterocycles. The number of hydrogen-bond acceptors (Lipinski definition) is 1. The molecule has 0 N–H and O–H groups in total. The lowest BCUT2D eigenvalue weighted by Crippen LogP contribution is -2.50. The number of nitrogens with zero attached hydrogens (tertiary/aromatic N) is 1. The minimum Gasteiger partial charge on any atom is -0.334 e. The number of anilines is 2. The summed E-state index contributed by atoms with van der Waals surface area (Å²) in [6, 6.07) is 43.5. The van der Waals surface area contributed by atoms with Gasteiger partial charge in [0.15, 0.2) is 0 Å². The first-order valence-electron chi connectivity index (χ1n) is 17.9. The molecule has 5 aromatic carbocycles. The van der Waals surface area contributed by atoms with Gasteiger partial charge in [0.25, 0.3) is 0 Å². The highest BCUT2D eigenvalue weighted by Crippen LogP contribution is 2.57. The molecule has 1 heteroatoms. The number of allylic oxidation sites excluding steroid dienone is 6. The highest BCUT2D eigenvalue weighted by molar-refractivity contribution is 5.89. The van der Waals surface area contributed by atoms with E-state index in [1.165, 1.54) is 72.6 Å². The van der Waals surface area contributed by atoms with Gasteiger partial charge in [0.2, 0.25) is 0 Å². The Bertz CT molecular complexity index is 2240. The van der Waals surface area contributed by atoms with Crippen LogP contribution >= 0.6 is 0 Å². The average molecular weight is 634 g/mol. The van der Waals surface area contributed by atoms with Gasteiger partial charge in [-0.1, -0.05) is 149 Å². The Morgan fingerprint density at radius 2 is 1.31 bits per heavy atom. The molecule has 4 aliphatic rings. The standard InChI is InChI=1S/C48H43N/c1-47(2)41-24-9-8-23-39(41)40-30-44-46(31-43(40)47)49(45-26-11-10-25-42(45)48(44,3)4)38-22-14-21-37(29-38)36-20-13-19-35(28-36)34-18-12-17-33(27-34)32-15-6-5-7-16-32/h5-11,13-17,19-31,42,45H,12,18H2,1-4H3. The van der Waals surface area contributed by atoms with E-state index < -0.39 is 0 Å². The molecule has 2 atom stereocenters. The third-order valence-corrected chi connectivity index (χ3v) is 11.8. The quantitative estimate of drug-likeness (QED) is 0.190. The van der Waals surface area contributed by atoms with E-state index in [1.54, 1.807) is 0 Å². The zero-order chi connectivity index (χ0) is 33.3. The van der Waals surface area contributed by atoms with Gasteiger partial charge in [0.05, 0.1) is 6.04 Å². The topological polar surface area (TPSA) is 3.24 Å². The van der Waals surface area contributed by atoms with Crippen molar-refractivity contribution in [3.8, 4) is 22.3 Å². The van der Waals surface area contributed by atoms with Crippen LogP contribution in [0.2, 0.25) is 0 Å². The molecular formula is C48H43N. The van der Waals surface area contributed by atoms with E-state index in [2.05, 4.69) is 184 Å². The van der Waals surface area contributed by atoms with E-state index >= 15 is 0 Å². The van der Waals surface area contributed by atoms with E-state index in [9.17, 15) is 0 Å². The summed E-state index contributed by atoms with van der Waals surface area (Å²) in [5.74, 6) is 0.352. The predicted molar refractivity (Wildman–Crippen MR) is 208 cm³/mol.